The topological polar surface area (TPSA) is 83.8 Å². The molecule has 0 atom stereocenters. The van der Waals surface area contributed by atoms with Crippen molar-refractivity contribution >= 4 is 33.1 Å². The lowest BCUT2D eigenvalue weighted by atomic mass is 10.1. The van der Waals surface area contributed by atoms with Crippen molar-refractivity contribution in [2.45, 2.75) is 6.54 Å². The third-order valence-corrected chi connectivity index (χ3v) is 3.88. The maximum atomic E-state index is 12.2. The fourth-order valence-electron chi connectivity index (χ4n) is 1.89. The Hall–Kier alpha value is -2.34. The number of aromatic nitrogens is 2. The lowest BCUT2D eigenvalue weighted by Crippen LogP contribution is -2.22. The fourth-order valence-corrected chi connectivity index (χ4v) is 2.83. The highest BCUT2D eigenvalue weighted by Crippen LogP contribution is 2.25. The van der Waals surface area contributed by atoms with Gasteiger partial charge >= 0.3 is 0 Å². The van der Waals surface area contributed by atoms with Gasteiger partial charge in [0.15, 0.2) is 0 Å². The molecule has 0 fully saturated rings. The highest BCUT2D eigenvalue weighted by molar-refractivity contribution is 7.17. The minimum atomic E-state index is -0.0990. The van der Waals surface area contributed by atoms with Gasteiger partial charge in [-0.25, -0.2) is 0 Å². The van der Waals surface area contributed by atoms with E-state index in [9.17, 15) is 4.79 Å². The van der Waals surface area contributed by atoms with Crippen molar-refractivity contribution in [3.63, 3.8) is 0 Å². The van der Waals surface area contributed by atoms with Crippen molar-refractivity contribution in [1.29, 1.82) is 0 Å². The number of hydrogen-bond donors (Lipinski definition) is 3. The number of amides is 1. The molecule has 0 radical (unpaired) electrons. The number of rotatable bonds is 3. The molecule has 2 aromatic heterocycles. The third kappa shape index (κ3) is 2.17. The Balaban J connectivity index is 1.79. The van der Waals surface area contributed by atoms with Gasteiger partial charge in [0.2, 0.25) is 0 Å². The van der Waals surface area contributed by atoms with Crippen molar-refractivity contribution < 1.29 is 4.79 Å². The Labute approximate surface area is 113 Å². The average molecular weight is 272 g/mol. The van der Waals surface area contributed by atoms with E-state index in [4.69, 9.17) is 5.73 Å². The van der Waals surface area contributed by atoms with E-state index in [1.54, 1.807) is 17.5 Å². The summed E-state index contributed by atoms with van der Waals surface area (Å²) in [5, 5.41) is 12.1. The van der Waals surface area contributed by atoms with Crippen LogP contribution in [0.25, 0.3) is 10.1 Å². The van der Waals surface area contributed by atoms with Gasteiger partial charge in [-0.2, -0.15) is 5.10 Å². The SMILES string of the molecule is Nc1[nH]ncc1CNC(=O)c1csc2ccccc12. The number of fused-ring (bicyclic) bond motifs is 1. The summed E-state index contributed by atoms with van der Waals surface area (Å²) < 4.78 is 1.11. The van der Waals surface area contributed by atoms with Crippen molar-refractivity contribution in [3.05, 3.63) is 47.0 Å². The van der Waals surface area contributed by atoms with Crippen LogP contribution in [0.15, 0.2) is 35.8 Å². The van der Waals surface area contributed by atoms with E-state index in [0.717, 1.165) is 15.6 Å². The number of nitrogens with one attached hydrogen (secondary N) is 2. The van der Waals surface area contributed by atoms with Gasteiger partial charge in [0, 0.05) is 27.6 Å². The number of nitrogen functional groups attached to an aromatic ring is 1. The number of benzene rings is 1. The number of nitrogens with two attached hydrogens (primary N) is 1. The van der Waals surface area contributed by atoms with Crippen molar-refractivity contribution in [3.8, 4) is 0 Å². The van der Waals surface area contributed by atoms with Crippen LogP contribution in [0.4, 0.5) is 5.82 Å². The molecular formula is C13H12N4OS. The summed E-state index contributed by atoms with van der Waals surface area (Å²) in [6, 6.07) is 7.85. The molecule has 3 aromatic rings. The molecule has 1 aromatic carbocycles. The number of carbonyl (C=O) groups is 1. The van der Waals surface area contributed by atoms with Crippen LogP contribution in [-0.4, -0.2) is 16.1 Å². The number of aromatic amines is 1. The van der Waals surface area contributed by atoms with Crippen LogP contribution >= 0.6 is 11.3 Å². The van der Waals surface area contributed by atoms with E-state index in [1.165, 1.54) is 0 Å². The fraction of sp³-hybridized carbons (Fsp3) is 0.0769. The minimum absolute atomic E-state index is 0.0990. The van der Waals surface area contributed by atoms with E-state index >= 15 is 0 Å². The molecule has 0 spiro atoms. The Morgan fingerprint density at radius 3 is 3.05 bits per heavy atom. The van der Waals surface area contributed by atoms with Gasteiger partial charge < -0.3 is 11.1 Å². The van der Waals surface area contributed by atoms with Crippen LogP contribution in [0.1, 0.15) is 15.9 Å². The zero-order valence-corrected chi connectivity index (χ0v) is 10.8. The third-order valence-electron chi connectivity index (χ3n) is 2.92. The van der Waals surface area contributed by atoms with Crippen LogP contribution < -0.4 is 11.1 Å². The van der Waals surface area contributed by atoms with Gasteiger partial charge in [0.1, 0.15) is 5.82 Å². The first-order chi connectivity index (χ1) is 9.25. The molecule has 3 rings (SSSR count). The average Bonchev–Trinajstić information content (AvgIpc) is 3.02. The standard InChI is InChI=1S/C13H12N4OS/c14-12-8(6-16-17-12)5-15-13(18)10-7-19-11-4-2-1-3-9(10)11/h1-4,6-7H,5H2,(H,15,18)(H3,14,16,17). The van der Waals surface area contributed by atoms with Crippen LogP contribution in [0.2, 0.25) is 0 Å². The molecule has 1 amide bonds. The van der Waals surface area contributed by atoms with Gasteiger partial charge in [-0.05, 0) is 6.07 Å². The maximum absolute atomic E-state index is 12.2. The monoisotopic (exact) mass is 272 g/mol. The van der Waals surface area contributed by atoms with Crippen molar-refractivity contribution in [1.82, 2.24) is 15.5 Å². The zero-order chi connectivity index (χ0) is 13.2. The lowest BCUT2D eigenvalue weighted by molar-refractivity contribution is 0.0953. The van der Waals surface area contributed by atoms with Crippen LogP contribution in [0.3, 0.4) is 0 Å². The Morgan fingerprint density at radius 1 is 1.42 bits per heavy atom. The summed E-state index contributed by atoms with van der Waals surface area (Å²) in [6.45, 7) is 0.366. The molecule has 0 saturated heterocycles. The van der Waals surface area contributed by atoms with Gasteiger partial charge in [-0.15, -0.1) is 11.3 Å². The second-order valence-corrected chi connectivity index (χ2v) is 5.05. The number of nitrogens with zero attached hydrogens (tertiary/aromatic N) is 1. The predicted octanol–water partition coefficient (Wildman–Crippen LogP) is 2.14. The van der Waals surface area contributed by atoms with Gasteiger partial charge in [-0.1, -0.05) is 18.2 Å². The molecule has 19 heavy (non-hydrogen) atoms. The van der Waals surface area contributed by atoms with Gasteiger partial charge in [-0.3, -0.25) is 9.89 Å². The van der Waals surface area contributed by atoms with E-state index < -0.39 is 0 Å². The number of H-pyrrole nitrogens is 1. The molecule has 0 aliphatic rings. The van der Waals surface area contributed by atoms with Crippen molar-refractivity contribution in [2.24, 2.45) is 0 Å². The molecule has 0 aliphatic heterocycles. The number of carbonyl (C=O) groups excluding carboxylic acids is 1. The molecule has 2 heterocycles. The summed E-state index contributed by atoms with van der Waals surface area (Å²) >= 11 is 1.56. The second-order valence-electron chi connectivity index (χ2n) is 4.14. The molecule has 0 saturated carbocycles. The second kappa shape index (κ2) is 4.74. The summed E-state index contributed by atoms with van der Waals surface area (Å²) in [5.74, 6) is 0.383. The highest BCUT2D eigenvalue weighted by atomic mass is 32.1. The summed E-state index contributed by atoms with van der Waals surface area (Å²) in [7, 11) is 0. The van der Waals surface area contributed by atoms with Gasteiger partial charge in [0.25, 0.3) is 5.91 Å². The lowest BCUT2D eigenvalue weighted by Gasteiger charge is -2.03. The van der Waals surface area contributed by atoms with E-state index in [1.807, 2.05) is 29.6 Å². The Bertz CT molecular complexity index is 731. The molecule has 0 unspecified atom stereocenters. The number of thiophene rings is 1. The molecule has 4 N–H and O–H groups in total. The molecular weight excluding hydrogens is 260 g/mol. The summed E-state index contributed by atoms with van der Waals surface area (Å²) in [4.78, 5) is 12.2. The molecule has 96 valence electrons. The first-order valence-electron chi connectivity index (χ1n) is 5.78. The van der Waals surface area contributed by atoms with Crippen LogP contribution in [-0.2, 0) is 6.54 Å². The molecule has 0 bridgehead atoms. The Morgan fingerprint density at radius 2 is 2.26 bits per heavy atom. The first-order valence-corrected chi connectivity index (χ1v) is 6.66. The highest BCUT2D eigenvalue weighted by Gasteiger charge is 2.12. The van der Waals surface area contributed by atoms with E-state index in [0.29, 0.717) is 17.9 Å². The normalized spacial score (nSPS) is 10.7. The van der Waals surface area contributed by atoms with Crippen molar-refractivity contribution in [2.75, 3.05) is 5.73 Å². The minimum Gasteiger partial charge on any atom is -0.384 e. The Kier molecular flexibility index (Phi) is 2.92. The quantitative estimate of drug-likeness (QED) is 0.683. The smallest absolute Gasteiger partial charge is 0.253 e. The van der Waals surface area contributed by atoms with E-state index in [2.05, 4.69) is 15.5 Å². The molecule has 6 heteroatoms. The van der Waals surface area contributed by atoms with Crippen LogP contribution in [0.5, 0.6) is 0 Å². The number of hydrogen-bond acceptors (Lipinski definition) is 4. The predicted molar refractivity (Wildman–Crippen MR) is 76.0 cm³/mol. The van der Waals surface area contributed by atoms with Gasteiger partial charge in [0.05, 0.1) is 11.8 Å². The largest absolute Gasteiger partial charge is 0.384 e. The first kappa shape index (κ1) is 11.7. The maximum Gasteiger partial charge on any atom is 0.253 e. The summed E-state index contributed by atoms with van der Waals surface area (Å²) in [5.41, 5.74) is 7.15. The summed E-state index contributed by atoms with van der Waals surface area (Å²) in [6.07, 6.45) is 1.61. The molecule has 5 nitrogen and oxygen atoms in total. The van der Waals surface area contributed by atoms with Crippen LogP contribution in [0, 0.1) is 0 Å². The van der Waals surface area contributed by atoms with E-state index in [-0.39, 0.29) is 5.91 Å². The number of anilines is 1. The molecule has 0 aliphatic carbocycles. The zero-order valence-electron chi connectivity index (χ0n) is 10.0.